The van der Waals surface area contributed by atoms with Crippen LogP contribution >= 0.6 is 11.3 Å². The number of amides is 3. The minimum Gasteiger partial charge on any atom is -0.341 e. The number of urea groups is 1. The molecule has 2 atom stereocenters. The summed E-state index contributed by atoms with van der Waals surface area (Å²) in [6.07, 6.45) is 4.78. The van der Waals surface area contributed by atoms with Gasteiger partial charge in [-0.1, -0.05) is 6.92 Å². The van der Waals surface area contributed by atoms with E-state index in [9.17, 15) is 9.59 Å². The van der Waals surface area contributed by atoms with E-state index in [4.69, 9.17) is 0 Å². The fourth-order valence-electron chi connectivity index (χ4n) is 3.22. The molecule has 0 spiro atoms. The van der Waals surface area contributed by atoms with Gasteiger partial charge in [-0.15, -0.1) is 11.3 Å². The molecular formula is C16H24N4O2S. The highest BCUT2D eigenvalue weighted by molar-refractivity contribution is 7.15. The van der Waals surface area contributed by atoms with Crippen LogP contribution in [-0.4, -0.2) is 41.0 Å². The number of carbonyl (C=O) groups excluding carboxylic acids is 2. The smallest absolute Gasteiger partial charge is 0.321 e. The molecular weight excluding hydrogens is 312 g/mol. The van der Waals surface area contributed by atoms with Crippen LogP contribution in [0.3, 0.4) is 0 Å². The number of thiazole rings is 1. The summed E-state index contributed by atoms with van der Waals surface area (Å²) in [4.78, 5) is 31.4. The number of nitrogens with one attached hydrogen (secondary N) is 2. The average molecular weight is 336 g/mol. The zero-order chi connectivity index (χ0) is 16.4. The standard InChI is InChI=1S/C16H24N4O2S/c1-10-5-6-12-13(8-10)23-16(18-12)19-15(22)17-11(2)9-20-7-3-4-14(20)21/h10-11H,3-9H2,1-2H3,(H2,17,18,19,22)/t10-,11-/m1/s1. The van der Waals surface area contributed by atoms with Crippen LogP contribution in [0.4, 0.5) is 9.93 Å². The lowest BCUT2D eigenvalue weighted by atomic mass is 9.93. The first-order chi connectivity index (χ1) is 11.0. The van der Waals surface area contributed by atoms with E-state index in [2.05, 4.69) is 22.5 Å². The van der Waals surface area contributed by atoms with Gasteiger partial charge in [0.1, 0.15) is 0 Å². The van der Waals surface area contributed by atoms with Crippen LogP contribution in [-0.2, 0) is 17.6 Å². The maximum absolute atomic E-state index is 12.1. The van der Waals surface area contributed by atoms with E-state index < -0.39 is 0 Å². The first-order valence-corrected chi connectivity index (χ1v) is 9.17. The van der Waals surface area contributed by atoms with Gasteiger partial charge in [0.05, 0.1) is 5.69 Å². The minimum absolute atomic E-state index is 0.0772. The number of rotatable bonds is 4. The molecule has 2 N–H and O–H groups in total. The molecule has 0 unspecified atom stereocenters. The monoisotopic (exact) mass is 336 g/mol. The van der Waals surface area contributed by atoms with Gasteiger partial charge < -0.3 is 10.2 Å². The number of nitrogens with zero attached hydrogens (tertiary/aromatic N) is 2. The molecule has 0 aromatic carbocycles. The van der Waals surface area contributed by atoms with Gasteiger partial charge in [0.2, 0.25) is 5.91 Å². The van der Waals surface area contributed by atoms with Gasteiger partial charge in [-0.3, -0.25) is 10.1 Å². The summed E-state index contributed by atoms with van der Waals surface area (Å²) in [6.45, 7) is 5.53. The number of carbonyl (C=O) groups is 2. The van der Waals surface area contributed by atoms with Crippen LogP contribution in [0.2, 0.25) is 0 Å². The molecule has 0 bridgehead atoms. The molecule has 0 radical (unpaired) electrons. The fraction of sp³-hybridized carbons (Fsp3) is 0.688. The number of fused-ring (bicyclic) bond motifs is 1. The van der Waals surface area contributed by atoms with Gasteiger partial charge in [0, 0.05) is 30.4 Å². The summed E-state index contributed by atoms with van der Waals surface area (Å²) < 4.78 is 0. The SMILES string of the molecule is C[C@@H]1CCc2nc(NC(=O)N[C@H](C)CN3CCCC3=O)sc2C1. The van der Waals surface area contributed by atoms with Gasteiger partial charge >= 0.3 is 6.03 Å². The summed E-state index contributed by atoms with van der Waals surface area (Å²) >= 11 is 1.58. The van der Waals surface area contributed by atoms with Gasteiger partial charge in [-0.05, 0) is 38.5 Å². The predicted molar refractivity (Wildman–Crippen MR) is 90.7 cm³/mol. The Morgan fingerprint density at radius 1 is 1.48 bits per heavy atom. The summed E-state index contributed by atoms with van der Waals surface area (Å²) in [5.41, 5.74) is 1.14. The predicted octanol–water partition coefficient (Wildman–Crippen LogP) is 2.40. The molecule has 6 nitrogen and oxygen atoms in total. The number of hydrogen-bond acceptors (Lipinski definition) is 4. The molecule has 2 aliphatic rings. The average Bonchev–Trinajstić information content (AvgIpc) is 3.04. The molecule has 126 valence electrons. The second-order valence-corrected chi connectivity index (χ2v) is 7.76. The van der Waals surface area contributed by atoms with Crippen LogP contribution in [0.15, 0.2) is 0 Å². The molecule has 1 aromatic rings. The first-order valence-electron chi connectivity index (χ1n) is 8.35. The highest BCUT2D eigenvalue weighted by atomic mass is 32.1. The Hall–Kier alpha value is -1.63. The van der Waals surface area contributed by atoms with Crippen molar-refractivity contribution < 1.29 is 9.59 Å². The Bertz CT molecular complexity index is 601. The van der Waals surface area contributed by atoms with Crippen molar-refractivity contribution in [2.24, 2.45) is 5.92 Å². The van der Waals surface area contributed by atoms with Gasteiger partial charge in [0.15, 0.2) is 5.13 Å². The third kappa shape index (κ3) is 4.02. The van der Waals surface area contributed by atoms with Gasteiger partial charge in [-0.2, -0.15) is 0 Å². The summed E-state index contributed by atoms with van der Waals surface area (Å²) in [5, 5.41) is 6.39. The Morgan fingerprint density at radius 2 is 2.30 bits per heavy atom. The fourth-order valence-corrected chi connectivity index (χ4v) is 4.39. The lowest BCUT2D eigenvalue weighted by molar-refractivity contribution is -0.127. The summed E-state index contributed by atoms with van der Waals surface area (Å²) in [7, 11) is 0. The van der Waals surface area contributed by atoms with Crippen LogP contribution in [0.5, 0.6) is 0 Å². The number of likely N-dealkylation sites (tertiary alicyclic amines) is 1. The highest BCUT2D eigenvalue weighted by Crippen LogP contribution is 2.31. The van der Waals surface area contributed by atoms with Crippen molar-refractivity contribution in [3.8, 4) is 0 Å². The molecule has 23 heavy (non-hydrogen) atoms. The molecule has 1 aliphatic heterocycles. The Kier molecular flexibility index (Phi) is 4.84. The number of anilines is 1. The topological polar surface area (TPSA) is 74.3 Å². The van der Waals surface area contributed by atoms with Crippen LogP contribution < -0.4 is 10.6 Å². The highest BCUT2D eigenvalue weighted by Gasteiger charge is 2.23. The van der Waals surface area contributed by atoms with Crippen molar-refractivity contribution in [3.05, 3.63) is 10.6 Å². The van der Waals surface area contributed by atoms with E-state index in [0.717, 1.165) is 31.5 Å². The van der Waals surface area contributed by atoms with E-state index in [0.29, 0.717) is 24.0 Å². The van der Waals surface area contributed by atoms with Crippen LogP contribution in [0.1, 0.15) is 43.7 Å². The van der Waals surface area contributed by atoms with Crippen LogP contribution in [0.25, 0.3) is 0 Å². The molecule has 1 aliphatic carbocycles. The van der Waals surface area contributed by atoms with E-state index in [1.807, 2.05) is 11.8 Å². The van der Waals surface area contributed by atoms with E-state index in [1.165, 1.54) is 11.3 Å². The summed E-state index contributed by atoms with van der Waals surface area (Å²) in [5.74, 6) is 0.878. The Labute approximate surface area is 140 Å². The van der Waals surface area contributed by atoms with Crippen molar-refractivity contribution in [2.45, 2.75) is 52.0 Å². The molecule has 1 aromatic heterocycles. The second kappa shape index (κ2) is 6.86. The normalized spacial score (nSPS) is 21.9. The van der Waals surface area contributed by atoms with Crippen molar-refractivity contribution in [1.82, 2.24) is 15.2 Å². The maximum atomic E-state index is 12.1. The molecule has 1 fully saturated rings. The van der Waals surface area contributed by atoms with Crippen molar-refractivity contribution >= 4 is 28.4 Å². The largest absolute Gasteiger partial charge is 0.341 e. The quantitative estimate of drug-likeness (QED) is 0.886. The zero-order valence-corrected chi connectivity index (χ0v) is 14.5. The number of hydrogen-bond donors (Lipinski definition) is 2. The maximum Gasteiger partial charge on any atom is 0.321 e. The lowest BCUT2D eigenvalue weighted by Crippen LogP contribution is -2.44. The Balaban J connectivity index is 1.50. The molecule has 2 heterocycles. The van der Waals surface area contributed by atoms with Gasteiger partial charge in [0.25, 0.3) is 0 Å². The van der Waals surface area contributed by atoms with Crippen molar-refractivity contribution in [3.63, 3.8) is 0 Å². The number of aryl methyl sites for hydroxylation is 1. The number of aromatic nitrogens is 1. The second-order valence-electron chi connectivity index (χ2n) is 6.68. The first kappa shape index (κ1) is 16.2. The zero-order valence-electron chi connectivity index (χ0n) is 13.7. The molecule has 3 amide bonds. The lowest BCUT2D eigenvalue weighted by Gasteiger charge is -2.21. The molecule has 0 saturated carbocycles. The van der Waals surface area contributed by atoms with E-state index in [-0.39, 0.29) is 18.0 Å². The molecule has 1 saturated heterocycles. The minimum atomic E-state index is -0.247. The Morgan fingerprint density at radius 3 is 3.04 bits per heavy atom. The van der Waals surface area contributed by atoms with Gasteiger partial charge in [-0.25, -0.2) is 9.78 Å². The molecule has 7 heteroatoms. The molecule has 3 rings (SSSR count). The van der Waals surface area contributed by atoms with E-state index in [1.54, 1.807) is 11.3 Å². The van der Waals surface area contributed by atoms with Crippen molar-refractivity contribution in [2.75, 3.05) is 18.4 Å². The summed E-state index contributed by atoms with van der Waals surface area (Å²) in [6, 6.07) is -0.324. The third-order valence-corrected chi connectivity index (χ3v) is 5.49. The van der Waals surface area contributed by atoms with Crippen LogP contribution in [0, 0.1) is 5.92 Å². The third-order valence-electron chi connectivity index (χ3n) is 4.45. The van der Waals surface area contributed by atoms with Crippen molar-refractivity contribution in [1.29, 1.82) is 0 Å². The van der Waals surface area contributed by atoms with E-state index >= 15 is 0 Å².